The van der Waals surface area contributed by atoms with Gasteiger partial charge in [-0.2, -0.15) is 5.26 Å². The van der Waals surface area contributed by atoms with Gasteiger partial charge in [0.05, 0.1) is 23.6 Å². The molecule has 0 N–H and O–H groups in total. The third-order valence-corrected chi connectivity index (χ3v) is 3.45. The number of carbonyl (C=O) groups excluding carboxylic acids is 1. The van der Waals surface area contributed by atoms with E-state index in [2.05, 4.69) is 4.74 Å². The van der Waals surface area contributed by atoms with Gasteiger partial charge >= 0.3 is 5.97 Å². The predicted octanol–water partition coefficient (Wildman–Crippen LogP) is 0.505. The van der Waals surface area contributed by atoms with Crippen LogP contribution >= 0.6 is 0 Å². The summed E-state index contributed by atoms with van der Waals surface area (Å²) in [5.74, 6) is -1.55. The van der Waals surface area contributed by atoms with E-state index in [1.165, 1.54) is 24.3 Å². The van der Waals surface area contributed by atoms with E-state index >= 15 is 0 Å². The van der Waals surface area contributed by atoms with Gasteiger partial charge in [-0.1, -0.05) is 6.07 Å². The zero-order valence-corrected chi connectivity index (χ0v) is 9.32. The fourth-order valence-electron chi connectivity index (χ4n) is 1.06. The Morgan fingerprint density at radius 3 is 2.75 bits per heavy atom. The topological polar surface area (TPSA) is 84.2 Å². The molecule has 0 aliphatic carbocycles. The average Bonchev–Trinajstić information content (AvgIpc) is 2.28. The van der Waals surface area contributed by atoms with Crippen molar-refractivity contribution in [2.75, 3.05) is 12.9 Å². The summed E-state index contributed by atoms with van der Waals surface area (Å²) in [6.45, 7) is 0. The van der Waals surface area contributed by atoms with Gasteiger partial charge in [-0.15, -0.1) is 0 Å². The largest absolute Gasteiger partial charge is 0.468 e. The maximum Gasteiger partial charge on any atom is 0.321 e. The van der Waals surface area contributed by atoms with Crippen molar-refractivity contribution >= 4 is 15.8 Å². The molecule has 0 amide bonds. The summed E-state index contributed by atoms with van der Waals surface area (Å²) in [4.78, 5) is 10.8. The highest BCUT2D eigenvalue weighted by molar-refractivity contribution is 7.92. The third kappa shape index (κ3) is 2.81. The van der Waals surface area contributed by atoms with Gasteiger partial charge in [-0.3, -0.25) is 4.79 Å². The maximum absolute atomic E-state index is 11.7. The van der Waals surface area contributed by atoms with Crippen molar-refractivity contribution in [1.82, 2.24) is 0 Å². The van der Waals surface area contributed by atoms with Crippen LogP contribution in [-0.2, 0) is 19.4 Å². The molecule has 0 heterocycles. The summed E-state index contributed by atoms with van der Waals surface area (Å²) in [6.07, 6.45) is 0. The van der Waals surface area contributed by atoms with Gasteiger partial charge in [-0.05, 0) is 18.2 Å². The molecular formula is C10H9NO4S. The van der Waals surface area contributed by atoms with Gasteiger partial charge in [0.25, 0.3) is 0 Å². The van der Waals surface area contributed by atoms with Crippen LogP contribution in [0.3, 0.4) is 0 Å². The minimum Gasteiger partial charge on any atom is -0.468 e. The number of benzene rings is 1. The molecule has 6 heteroatoms. The molecule has 0 saturated carbocycles. The highest BCUT2D eigenvalue weighted by atomic mass is 32.2. The van der Waals surface area contributed by atoms with Crippen molar-refractivity contribution in [3.63, 3.8) is 0 Å². The summed E-state index contributed by atoms with van der Waals surface area (Å²) in [5, 5.41) is 8.62. The number of rotatable bonds is 3. The highest BCUT2D eigenvalue weighted by Gasteiger charge is 2.19. The van der Waals surface area contributed by atoms with Crippen LogP contribution in [0.1, 0.15) is 5.56 Å². The lowest BCUT2D eigenvalue weighted by Crippen LogP contribution is -2.17. The molecule has 1 rings (SSSR count). The van der Waals surface area contributed by atoms with Crippen molar-refractivity contribution in [1.29, 1.82) is 5.26 Å². The van der Waals surface area contributed by atoms with Gasteiger partial charge in [0.15, 0.2) is 15.6 Å². The normalized spacial score (nSPS) is 10.5. The van der Waals surface area contributed by atoms with E-state index in [1.54, 1.807) is 0 Å². The lowest BCUT2D eigenvalue weighted by atomic mass is 10.2. The second-order valence-corrected chi connectivity index (χ2v) is 4.96. The lowest BCUT2D eigenvalue weighted by Gasteiger charge is -2.02. The monoisotopic (exact) mass is 239 g/mol. The molecule has 0 aliphatic rings. The van der Waals surface area contributed by atoms with E-state index < -0.39 is 21.6 Å². The van der Waals surface area contributed by atoms with E-state index in [0.29, 0.717) is 0 Å². The molecule has 0 atom stereocenters. The van der Waals surface area contributed by atoms with Crippen LogP contribution in [0, 0.1) is 11.3 Å². The van der Waals surface area contributed by atoms with Crippen LogP contribution in [0.5, 0.6) is 0 Å². The van der Waals surface area contributed by atoms with E-state index in [9.17, 15) is 13.2 Å². The van der Waals surface area contributed by atoms with Crippen LogP contribution in [0.2, 0.25) is 0 Å². The standard InChI is InChI=1S/C10H9NO4S/c1-15-10(12)7-16(13,14)9-4-2-3-8(5-9)6-11/h2-5H,7H2,1H3. The van der Waals surface area contributed by atoms with Crippen LogP contribution in [0.4, 0.5) is 0 Å². The van der Waals surface area contributed by atoms with Crippen molar-refractivity contribution in [3.05, 3.63) is 29.8 Å². The first kappa shape index (κ1) is 12.2. The van der Waals surface area contributed by atoms with E-state index in [1.807, 2.05) is 6.07 Å². The number of nitrogens with zero attached hydrogens (tertiary/aromatic N) is 1. The minimum absolute atomic E-state index is 0.0584. The van der Waals surface area contributed by atoms with Crippen molar-refractivity contribution in [3.8, 4) is 6.07 Å². The van der Waals surface area contributed by atoms with Gasteiger partial charge in [-0.25, -0.2) is 8.42 Å². The molecule has 0 unspecified atom stereocenters. The average molecular weight is 239 g/mol. The highest BCUT2D eigenvalue weighted by Crippen LogP contribution is 2.13. The summed E-state index contributed by atoms with van der Waals surface area (Å²) < 4.78 is 27.6. The van der Waals surface area contributed by atoms with Crippen LogP contribution < -0.4 is 0 Å². The summed E-state index contributed by atoms with van der Waals surface area (Å²) in [6, 6.07) is 7.31. The molecule has 84 valence electrons. The first-order valence-corrected chi connectivity index (χ1v) is 5.94. The molecule has 16 heavy (non-hydrogen) atoms. The second kappa shape index (κ2) is 4.77. The van der Waals surface area contributed by atoms with Crippen molar-refractivity contribution in [2.24, 2.45) is 0 Å². The molecule has 5 nitrogen and oxygen atoms in total. The number of ether oxygens (including phenoxy) is 1. The lowest BCUT2D eigenvalue weighted by molar-refractivity contribution is -0.137. The fraction of sp³-hybridized carbons (Fsp3) is 0.200. The van der Waals surface area contributed by atoms with Gasteiger partial charge < -0.3 is 4.74 Å². The fourth-order valence-corrected chi connectivity index (χ4v) is 2.24. The third-order valence-electron chi connectivity index (χ3n) is 1.86. The molecule has 0 aromatic heterocycles. The molecule has 0 spiro atoms. The number of hydrogen-bond donors (Lipinski definition) is 0. The summed E-state index contributed by atoms with van der Waals surface area (Å²) >= 11 is 0. The number of methoxy groups -OCH3 is 1. The Hall–Kier alpha value is -1.87. The van der Waals surface area contributed by atoms with Crippen LogP contribution in [0.25, 0.3) is 0 Å². The molecule has 0 bridgehead atoms. The Morgan fingerprint density at radius 2 is 2.19 bits per heavy atom. The molecule has 1 aromatic carbocycles. The first-order chi connectivity index (χ1) is 7.49. The van der Waals surface area contributed by atoms with E-state index in [4.69, 9.17) is 5.26 Å². The summed E-state index contributed by atoms with van der Waals surface area (Å²) in [5.41, 5.74) is 0.228. The molecular weight excluding hydrogens is 230 g/mol. The minimum atomic E-state index is -3.73. The van der Waals surface area contributed by atoms with Crippen molar-refractivity contribution in [2.45, 2.75) is 4.90 Å². The number of nitriles is 1. The second-order valence-electron chi connectivity index (χ2n) is 2.97. The number of carbonyl (C=O) groups is 1. The molecule has 1 aromatic rings. The number of sulfone groups is 1. The Morgan fingerprint density at radius 1 is 1.50 bits per heavy atom. The predicted molar refractivity (Wildman–Crippen MR) is 55.2 cm³/mol. The molecule has 0 aliphatic heterocycles. The van der Waals surface area contributed by atoms with Gasteiger partial charge in [0.1, 0.15) is 0 Å². The van der Waals surface area contributed by atoms with Crippen LogP contribution in [0.15, 0.2) is 29.2 Å². The van der Waals surface area contributed by atoms with E-state index in [-0.39, 0.29) is 10.5 Å². The molecule has 0 saturated heterocycles. The SMILES string of the molecule is COC(=O)CS(=O)(=O)c1cccc(C#N)c1. The smallest absolute Gasteiger partial charge is 0.321 e. The number of hydrogen-bond acceptors (Lipinski definition) is 5. The Balaban J connectivity index is 3.08. The summed E-state index contributed by atoms with van der Waals surface area (Å²) in [7, 11) is -2.62. The zero-order chi connectivity index (χ0) is 12.2. The van der Waals surface area contributed by atoms with Gasteiger partial charge in [0, 0.05) is 0 Å². The molecule has 0 fully saturated rings. The Labute approximate surface area is 93.2 Å². The quantitative estimate of drug-likeness (QED) is 0.717. The maximum atomic E-state index is 11.7. The Bertz CT molecular complexity index is 542. The van der Waals surface area contributed by atoms with Crippen molar-refractivity contribution < 1.29 is 17.9 Å². The van der Waals surface area contributed by atoms with E-state index in [0.717, 1.165) is 7.11 Å². The van der Waals surface area contributed by atoms with Crippen LogP contribution in [-0.4, -0.2) is 27.2 Å². The zero-order valence-electron chi connectivity index (χ0n) is 8.50. The number of esters is 1. The molecule has 0 radical (unpaired) electrons. The van der Waals surface area contributed by atoms with Gasteiger partial charge in [0.2, 0.25) is 0 Å². The Kier molecular flexibility index (Phi) is 3.64. The first-order valence-electron chi connectivity index (χ1n) is 4.29.